The molecule has 0 bridgehead atoms. The standard InChI is InChI=1S/C47H39B5N2/c48-46(49,47(50,51)52)45-53-41-24-11-12-25-42(41)54(45)36-19-13-18-32(29-36)43-37-20-7-9-22-39(37)44(40-23-10-8-21-38(40)43)35-27-33(30-14-3-1-4-15-30)26-34(28-35)31-16-5-2-6-17-31/h1-29H,48-52H2. The molecule has 9 rings (SSSR count). The van der Waals surface area contributed by atoms with E-state index in [1.807, 2.05) is 0 Å². The van der Waals surface area contributed by atoms with Gasteiger partial charge in [0.05, 0.1) is 34.6 Å². The highest BCUT2D eigenvalue weighted by molar-refractivity contribution is 6.67. The van der Waals surface area contributed by atoms with E-state index in [2.05, 4.69) is 220 Å². The molecule has 252 valence electrons. The number of nitrogens with zero attached hydrogens (tertiary/aromatic N) is 2. The van der Waals surface area contributed by atoms with Crippen LogP contribution in [0.3, 0.4) is 0 Å². The zero-order chi connectivity index (χ0) is 37.0. The Bertz CT molecular complexity index is 2730. The van der Waals surface area contributed by atoms with Crippen molar-refractivity contribution in [1.29, 1.82) is 0 Å². The quantitative estimate of drug-likeness (QED) is 0.126. The first-order chi connectivity index (χ1) is 26.2. The highest BCUT2D eigenvalue weighted by Gasteiger charge is 2.38. The van der Waals surface area contributed by atoms with Crippen LogP contribution < -0.4 is 0 Å². The third kappa shape index (κ3) is 5.71. The highest BCUT2D eigenvalue weighted by Crippen LogP contribution is 2.46. The van der Waals surface area contributed by atoms with E-state index in [9.17, 15) is 0 Å². The molecule has 1 heterocycles. The lowest BCUT2D eigenvalue weighted by atomic mass is 9.23. The summed E-state index contributed by atoms with van der Waals surface area (Å²) >= 11 is 0. The molecule has 0 N–H and O–H groups in total. The van der Waals surface area contributed by atoms with Crippen LogP contribution in [0.1, 0.15) is 5.82 Å². The molecule has 0 spiro atoms. The second kappa shape index (κ2) is 13.2. The van der Waals surface area contributed by atoms with E-state index in [-0.39, 0.29) is 10.3 Å². The molecule has 0 fully saturated rings. The maximum atomic E-state index is 5.30. The lowest BCUT2D eigenvalue weighted by Crippen LogP contribution is -2.45. The number of fused-ring (bicyclic) bond motifs is 3. The minimum Gasteiger partial charge on any atom is -0.297 e. The first-order valence-corrected chi connectivity index (χ1v) is 19.0. The Balaban J connectivity index is 1.31. The fourth-order valence-corrected chi connectivity index (χ4v) is 7.96. The van der Waals surface area contributed by atoms with Gasteiger partial charge in [-0.05, 0) is 114 Å². The number of para-hydroxylation sites is 2. The predicted octanol–water partition coefficient (Wildman–Crippen LogP) is 7.39. The van der Waals surface area contributed by atoms with Crippen molar-refractivity contribution in [2.75, 3.05) is 0 Å². The smallest absolute Gasteiger partial charge is 0.106 e. The zero-order valence-corrected chi connectivity index (χ0v) is 31.6. The van der Waals surface area contributed by atoms with Gasteiger partial charge in [0.15, 0.2) is 0 Å². The van der Waals surface area contributed by atoms with Crippen LogP contribution in [-0.2, 0) is 5.21 Å². The molecule has 0 amide bonds. The lowest BCUT2D eigenvalue weighted by Gasteiger charge is -2.39. The van der Waals surface area contributed by atoms with Crippen molar-refractivity contribution in [3.05, 3.63) is 182 Å². The summed E-state index contributed by atoms with van der Waals surface area (Å²) < 4.78 is 2.39. The Labute approximate surface area is 322 Å². The summed E-state index contributed by atoms with van der Waals surface area (Å²) in [5, 5.41) is 4.74. The van der Waals surface area contributed by atoms with Crippen molar-refractivity contribution in [2.45, 2.75) is 10.3 Å². The number of aromatic nitrogens is 2. The van der Waals surface area contributed by atoms with Crippen LogP contribution >= 0.6 is 0 Å². The van der Waals surface area contributed by atoms with E-state index >= 15 is 0 Å². The molecule has 0 unspecified atom stereocenters. The van der Waals surface area contributed by atoms with Gasteiger partial charge in [-0.15, -0.1) is 5.11 Å². The van der Waals surface area contributed by atoms with Crippen LogP contribution in [0.15, 0.2) is 176 Å². The maximum Gasteiger partial charge on any atom is 0.106 e. The van der Waals surface area contributed by atoms with E-state index in [4.69, 9.17) is 4.98 Å². The highest BCUT2D eigenvalue weighted by atomic mass is 15.1. The molecule has 0 saturated heterocycles. The topological polar surface area (TPSA) is 17.8 Å². The molecule has 54 heavy (non-hydrogen) atoms. The number of benzene rings is 8. The zero-order valence-electron chi connectivity index (χ0n) is 31.6. The largest absolute Gasteiger partial charge is 0.297 e. The van der Waals surface area contributed by atoms with Crippen molar-refractivity contribution in [3.63, 3.8) is 0 Å². The third-order valence-electron chi connectivity index (χ3n) is 11.8. The van der Waals surface area contributed by atoms with Gasteiger partial charge in [0, 0.05) is 5.69 Å². The molecule has 0 radical (unpaired) electrons. The van der Waals surface area contributed by atoms with Gasteiger partial charge < -0.3 is 0 Å². The summed E-state index contributed by atoms with van der Waals surface area (Å²) in [6.45, 7) is 0. The van der Waals surface area contributed by atoms with Gasteiger partial charge in [-0.1, -0.05) is 133 Å². The first kappa shape index (κ1) is 33.9. The lowest BCUT2D eigenvalue weighted by molar-refractivity contribution is 0.757. The first-order valence-electron chi connectivity index (χ1n) is 19.0. The SMILES string of the molecule is BC(B)(B)C(B)(B)c1nc2ccccc2n1-c1cccc(-c2c3ccccc3c(-c3cc(-c4ccccc4)cc(-c4ccccc4)c3)c3ccccc23)c1. The molecule has 2 nitrogen and oxygen atoms in total. The van der Waals surface area contributed by atoms with Crippen molar-refractivity contribution in [2.24, 2.45) is 0 Å². The number of hydrogen-bond donors (Lipinski definition) is 0. The summed E-state index contributed by atoms with van der Waals surface area (Å²) in [5.74, 6) is 1.07. The van der Waals surface area contributed by atoms with Gasteiger partial charge >= 0.3 is 0 Å². The summed E-state index contributed by atoms with van der Waals surface area (Å²) in [7, 11) is 11.6. The second-order valence-electron chi connectivity index (χ2n) is 16.1. The average molecular weight is 686 g/mol. The minimum atomic E-state index is -0.198. The molecule has 0 atom stereocenters. The second-order valence-corrected chi connectivity index (χ2v) is 16.1. The molecule has 0 aliphatic heterocycles. The molecule has 7 heteroatoms. The molecule has 1 aromatic heterocycles. The van der Waals surface area contributed by atoms with E-state index in [0.717, 1.165) is 22.5 Å². The van der Waals surface area contributed by atoms with Gasteiger partial charge in [-0.25, -0.2) is 4.98 Å². The van der Waals surface area contributed by atoms with Gasteiger partial charge in [0.25, 0.3) is 0 Å². The van der Waals surface area contributed by atoms with Crippen molar-refractivity contribution < 1.29 is 0 Å². The normalized spacial score (nSPS) is 12.1. The Hall–Kier alpha value is -5.93. The van der Waals surface area contributed by atoms with Gasteiger partial charge in [-0.3, -0.25) is 4.57 Å². The fourth-order valence-electron chi connectivity index (χ4n) is 7.96. The van der Waals surface area contributed by atoms with E-state index < -0.39 is 0 Å². The summed E-state index contributed by atoms with van der Waals surface area (Å²) in [5.41, 5.74) is 13.0. The third-order valence-corrected chi connectivity index (χ3v) is 11.8. The Morgan fingerprint density at radius 2 is 0.833 bits per heavy atom. The monoisotopic (exact) mass is 686 g/mol. The maximum absolute atomic E-state index is 5.30. The number of imidazole rings is 1. The molecule has 9 aromatic rings. The van der Waals surface area contributed by atoms with Gasteiger partial charge in [-0.2, -0.15) is 0 Å². The fraction of sp³-hybridized carbons (Fsp3) is 0.0426. The molecular formula is C47H39B5N2. The summed E-state index contributed by atoms with van der Waals surface area (Å²) in [6.07, 6.45) is 0. The van der Waals surface area contributed by atoms with Crippen molar-refractivity contribution >= 4 is 71.8 Å². The van der Waals surface area contributed by atoms with Crippen LogP contribution in [0.25, 0.3) is 82.8 Å². The Morgan fingerprint density at radius 3 is 1.37 bits per heavy atom. The van der Waals surface area contributed by atoms with Gasteiger partial charge in [0.1, 0.15) is 21.5 Å². The van der Waals surface area contributed by atoms with E-state index in [1.54, 1.807) is 0 Å². The number of hydrogen-bond acceptors (Lipinski definition) is 1. The molecule has 0 aliphatic rings. The molecule has 0 saturated carbocycles. The number of rotatable bonds is 7. The Morgan fingerprint density at radius 1 is 0.389 bits per heavy atom. The van der Waals surface area contributed by atoms with Crippen molar-refractivity contribution in [1.82, 2.24) is 9.55 Å². The Kier molecular flexibility index (Phi) is 8.27. The molecular weight excluding hydrogens is 647 g/mol. The van der Waals surface area contributed by atoms with Crippen LogP contribution in [-0.4, -0.2) is 48.8 Å². The van der Waals surface area contributed by atoms with Crippen LogP contribution in [0.4, 0.5) is 0 Å². The molecule has 8 aromatic carbocycles. The van der Waals surface area contributed by atoms with Crippen LogP contribution in [0.2, 0.25) is 5.11 Å². The van der Waals surface area contributed by atoms with E-state index in [0.29, 0.717) is 0 Å². The van der Waals surface area contributed by atoms with E-state index in [1.165, 1.54) is 66.1 Å². The summed E-state index contributed by atoms with van der Waals surface area (Å²) in [6, 6.07) is 64.1. The van der Waals surface area contributed by atoms with Crippen LogP contribution in [0, 0.1) is 0 Å². The molecule has 0 aliphatic carbocycles. The predicted molar refractivity (Wildman–Crippen MR) is 245 cm³/mol. The average Bonchev–Trinajstić information content (AvgIpc) is 3.61. The van der Waals surface area contributed by atoms with Gasteiger partial charge in [0.2, 0.25) is 0 Å². The summed E-state index contributed by atoms with van der Waals surface area (Å²) in [4.78, 5) is 5.30. The van der Waals surface area contributed by atoms with Crippen molar-refractivity contribution in [3.8, 4) is 50.2 Å². The minimum absolute atomic E-state index is 0.00976. The van der Waals surface area contributed by atoms with Crippen LogP contribution in [0.5, 0.6) is 0 Å².